The second kappa shape index (κ2) is 5.50. The number of halogens is 2. The molecule has 3 aromatic rings. The Labute approximate surface area is 129 Å². The van der Waals surface area contributed by atoms with Crippen LogP contribution in [0.3, 0.4) is 0 Å². The summed E-state index contributed by atoms with van der Waals surface area (Å²) in [6, 6.07) is 17.4. The Bertz CT molecular complexity index is 779. The van der Waals surface area contributed by atoms with E-state index in [-0.39, 0.29) is 11.2 Å². The van der Waals surface area contributed by atoms with Crippen LogP contribution in [0.1, 0.15) is 27.6 Å². The minimum absolute atomic E-state index is 0.212. The molecule has 0 N–H and O–H groups in total. The molecule has 0 aliphatic heterocycles. The molecule has 2 heteroatoms. The van der Waals surface area contributed by atoms with E-state index in [1.165, 1.54) is 0 Å². The lowest BCUT2D eigenvalue weighted by Gasteiger charge is -2.18. The van der Waals surface area contributed by atoms with E-state index in [0.717, 1.165) is 33.0 Å². The molecule has 0 spiro atoms. The predicted octanol–water partition coefficient (Wildman–Crippen LogP) is 5.92. The number of hydrogen-bond acceptors (Lipinski definition) is 0. The van der Waals surface area contributed by atoms with Crippen molar-refractivity contribution in [2.24, 2.45) is 0 Å². The van der Waals surface area contributed by atoms with Crippen molar-refractivity contribution in [1.82, 2.24) is 0 Å². The quantitative estimate of drug-likeness (QED) is 0.515. The summed E-state index contributed by atoms with van der Waals surface area (Å²) in [5, 5.41) is 2.03. The molecular formula is C19H16ClF. The second-order valence-corrected chi connectivity index (χ2v) is 5.82. The molecule has 3 rings (SSSR count). The third-order valence-corrected chi connectivity index (χ3v) is 4.36. The smallest absolute Gasteiger partial charge is 0.123 e. The van der Waals surface area contributed by atoms with Gasteiger partial charge in [-0.25, -0.2) is 4.39 Å². The molecule has 0 bridgehead atoms. The highest BCUT2D eigenvalue weighted by Crippen LogP contribution is 2.37. The molecule has 0 nitrogen and oxygen atoms in total. The van der Waals surface area contributed by atoms with E-state index in [4.69, 9.17) is 11.6 Å². The Morgan fingerprint density at radius 3 is 2.24 bits per heavy atom. The summed E-state index contributed by atoms with van der Waals surface area (Å²) in [5.74, 6) is -0.212. The van der Waals surface area contributed by atoms with Crippen molar-refractivity contribution in [3.63, 3.8) is 0 Å². The normalized spacial score (nSPS) is 12.6. The lowest BCUT2D eigenvalue weighted by molar-refractivity contribution is 0.624. The van der Waals surface area contributed by atoms with Gasteiger partial charge in [0.05, 0.1) is 5.38 Å². The topological polar surface area (TPSA) is 0 Å². The Kier molecular flexibility index (Phi) is 3.69. The Morgan fingerprint density at radius 2 is 1.52 bits per heavy atom. The van der Waals surface area contributed by atoms with Gasteiger partial charge < -0.3 is 0 Å². The minimum atomic E-state index is -0.281. The number of rotatable bonds is 2. The Morgan fingerprint density at radius 1 is 0.905 bits per heavy atom. The molecule has 0 aliphatic rings. The molecule has 0 aromatic heterocycles. The van der Waals surface area contributed by atoms with E-state index < -0.39 is 0 Å². The van der Waals surface area contributed by atoms with Crippen LogP contribution in [0.2, 0.25) is 0 Å². The van der Waals surface area contributed by atoms with Crippen LogP contribution < -0.4 is 0 Å². The van der Waals surface area contributed by atoms with Crippen LogP contribution in [0.5, 0.6) is 0 Å². The number of aryl methyl sites for hydroxylation is 2. The van der Waals surface area contributed by atoms with Gasteiger partial charge in [0.15, 0.2) is 0 Å². The molecule has 106 valence electrons. The summed E-state index contributed by atoms with van der Waals surface area (Å²) in [6.07, 6.45) is 0. The molecule has 0 amide bonds. The van der Waals surface area contributed by atoms with E-state index in [2.05, 4.69) is 18.2 Å². The lowest BCUT2D eigenvalue weighted by atomic mass is 9.92. The summed E-state index contributed by atoms with van der Waals surface area (Å²) in [7, 11) is 0. The zero-order valence-electron chi connectivity index (χ0n) is 12.0. The highest BCUT2D eigenvalue weighted by molar-refractivity contribution is 6.23. The van der Waals surface area contributed by atoms with E-state index in [1.807, 2.05) is 38.1 Å². The molecule has 3 aromatic carbocycles. The first-order chi connectivity index (χ1) is 10.1. The fourth-order valence-corrected chi connectivity index (χ4v) is 3.48. The van der Waals surface area contributed by atoms with E-state index >= 15 is 0 Å². The van der Waals surface area contributed by atoms with Crippen LogP contribution >= 0.6 is 11.6 Å². The van der Waals surface area contributed by atoms with Crippen LogP contribution in [-0.2, 0) is 0 Å². The van der Waals surface area contributed by atoms with E-state index in [0.29, 0.717) is 0 Å². The van der Waals surface area contributed by atoms with Crippen LogP contribution in [-0.4, -0.2) is 0 Å². The van der Waals surface area contributed by atoms with Gasteiger partial charge in [0.2, 0.25) is 0 Å². The third-order valence-electron chi connectivity index (χ3n) is 3.91. The van der Waals surface area contributed by atoms with Gasteiger partial charge >= 0.3 is 0 Å². The van der Waals surface area contributed by atoms with Gasteiger partial charge in [-0.2, -0.15) is 0 Å². The lowest BCUT2D eigenvalue weighted by Crippen LogP contribution is -2.01. The SMILES string of the molecule is Cc1cc(F)cc(C)c1C(Cl)c1cccc2ccccc12. The summed E-state index contributed by atoms with van der Waals surface area (Å²) >= 11 is 6.75. The number of hydrogen-bond donors (Lipinski definition) is 0. The summed E-state index contributed by atoms with van der Waals surface area (Å²) in [4.78, 5) is 0. The highest BCUT2D eigenvalue weighted by Gasteiger charge is 2.18. The summed E-state index contributed by atoms with van der Waals surface area (Å²) in [6.45, 7) is 3.82. The molecule has 0 aliphatic carbocycles. The average Bonchev–Trinajstić information content (AvgIpc) is 2.45. The second-order valence-electron chi connectivity index (χ2n) is 5.38. The Balaban J connectivity index is 2.20. The largest absolute Gasteiger partial charge is 0.207 e. The fourth-order valence-electron chi connectivity index (χ4n) is 2.95. The maximum absolute atomic E-state index is 13.5. The molecule has 0 heterocycles. The molecule has 21 heavy (non-hydrogen) atoms. The maximum atomic E-state index is 13.5. The summed E-state index contributed by atoms with van der Waals surface area (Å²) in [5.41, 5.74) is 3.84. The standard InChI is InChI=1S/C19H16ClF/c1-12-10-15(21)11-13(2)18(12)19(20)17-9-5-7-14-6-3-4-8-16(14)17/h3-11,19H,1-2H3. The van der Waals surface area contributed by atoms with Crippen molar-refractivity contribution in [3.8, 4) is 0 Å². The molecule has 1 atom stereocenters. The molecule has 0 saturated carbocycles. The molecule has 0 saturated heterocycles. The highest BCUT2D eigenvalue weighted by atomic mass is 35.5. The van der Waals surface area contributed by atoms with Crippen LogP contribution in [0.25, 0.3) is 10.8 Å². The number of benzene rings is 3. The monoisotopic (exact) mass is 298 g/mol. The van der Waals surface area contributed by atoms with Crippen LogP contribution in [0.15, 0.2) is 54.6 Å². The molecule has 1 unspecified atom stereocenters. The first-order valence-corrected chi connectivity index (χ1v) is 7.40. The van der Waals surface area contributed by atoms with Crippen molar-refractivity contribution in [2.45, 2.75) is 19.2 Å². The van der Waals surface area contributed by atoms with Gasteiger partial charge in [-0.3, -0.25) is 0 Å². The fraction of sp³-hybridized carbons (Fsp3) is 0.158. The number of fused-ring (bicyclic) bond motifs is 1. The van der Waals surface area contributed by atoms with E-state index in [9.17, 15) is 4.39 Å². The van der Waals surface area contributed by atoms with Crippen molar-refractivity contribution >= 4 is 22.4 Å². The first kappa shape index (κ1) is 14.1. The first-order valence-electron chi connectivity index (χ1n) is 6.96. The van der Waals surface area contributed by atoms with Crippen LogP contribution in [0, 0.1) is 19.7 Å². The van der Waals surface area contributed by atoms with Gasteiger partial charge in [0.1, 0.15) is 5.82 Å². The Hall–Kier alpha value is -1.86. The zero-order valence-corrected chi connectivity index (χ0v) is 12.8. The average molecular weight is 299 g/mol. The van der Waals surface area contributed by atoms with E-state index in [1.54, 1.807) is 12.1 Å². The molecule has 0 fully saturated rings. The van der Waals surface area contributed by atoms with Gasteiger partial charge in [-0.15, -0.1) is 11.6 Å². The predicted molar refractivity (Wildman–Crippen MR) is 87.5 cm³/mol. The third kappa shape index (κ3) is 2.54. The van der Waals surface area contributed by atoms with Gasteiger partial charge in [0, 0.05) is 0 Å². The van der Waals surface area contributed by atoms with Gasteiger partial charge in [-0.1, -0.05) is 42.5 Å². The van der Waals surface area contributed by atoms with Crippen molar-refractivity contribution in [3.05, 3.63) is 82.7 Å². The number of alkyl halides is 1. The van der Waals surface area contributed by atoms with Crippen molar-refractivity contribution in [2.75, 3.05) is 0 Å². The zero-order chi connectivity index (χ0) is 15.0. The molecular weight excluding hydrogens is 283 g/mol. The van der Waals surface area contributed by atoms with Gasteiger partial charge in [0.25, 0.3) is 0 Å². The summed E-state index contributed by atoms with van der Waals surface area (Å²) < 4.78 is 13.5. The van der Waals surface area contributed by atoms with Crippen molar-refractivity contribution in [1.29, 1.82) is 0 Å². The van der Waals surface area contributed by atoms with Crippen molar-refractivity contribution < 1.29 is 4.39 Å². The van der Waals surface area contributed by atoms with Gasteiger partial charge in [-0.05, 0) is 59.0 Å². The minimum Gasteiger partial charge on any atom is -0.207 e. The van der Waals surface area contributed by atoms with Crippen LogP contribution in [0.4, 0.5) is 4.39 Å². The molecule has 0 radical (unpaired) electrons. The maximum Gasteiger partial charge on any atom is 0.123 e.